The van der Waals surface area contributed by atoms with Crippen LogP contribution in [0, 0.1) is 5.41 Å². The first kappa shape index (κ1) is 26.4. The van der Waals surface area contributed by atoms with Gasteiger partial charge in [-0.05, 0) is 81.7 Å². The normalized spacial score (nSPS) is 13.2. The molecule has 1 aliphatic rings. The fourth-order valence-corrected chi connectivity index (χ4v) is 5.81. The second kappa shape index (κ2) is 11.8. The molecule has 0 saturated carbocycles. The van der Waals surface area contributed by atoms with Crippen molar-refractivity contribution >= 4 is 33.9 Å². The molecule has 7 rings (SSSR count). The van der Waals surface area contributed by atoms with Gasteiger partial charge in [-0.2, -0.15) is 0 Å². The molecule has 1 aliphatic carbocycles. The Morgan fingerprint density at radius 2 is 1.21 bits per heavy atom. The molecule has 0 spiro atoms. The predicted molar refractivity (Wildman–Crippen MR) is 180 cm³/mol. The van der Waals surface area contributed by atoms with Gasteiger partial charge in [0.2, 0.25) is 0 Å². The molecule has 43 heavy (non-hydrogen) atoms. The van der Waals surface area contributed by atoms with Crippen LogP contribution < -0.4 is 10.6 Å². The monoisotopic (exact) mass is 553 g/mol. The van der Waals surface area contributed by atoms with E-state index in [-0.39, 0.29) is 0 Å². The van der Waals surface area contributed by atoms with Crippen molar-refractivity contribution in [1.29, 1.82) is 5.41 Å². The molecule has 0 bridgehead atoms. The van der Waals surface area contributed by atoms with Gasteiger partial charge >= 0.3 is 0 Å². The van der Waals surface area contributed by atoms with Crippen LogP contribution in [-0.2, 0) is 0 Å². The number of fused-ring (bicyclic) bond motifs is 3. The molecule has 1 aromatic heterocycles. The van der Waals surface area contributed by atoms with Gasteiger partial charge in [0.1, 0.15) is 11.0 Å². The summed E-state index contributed by atoms with van der Waals surface area (Å²) in [7, 11) is 0. The smallest absolute Gasteiger partial charge is 0.135 e. The number of hydrogen-bond donors (Lipinski definition) is 1. The zero-order valence-electron chi connectivity index (χ0n) is 23.8. The van der Waals surface area contributed by atoms with Gasteiger partial charge in [0, 0.05) is 10.6 Å². The topological polar surface area (TPSA) is 37.0 Å². The summed E-state index contributed by atoms with van der Waals surface area (Å²) in [5.41, 5.74) is 11.4. The molecular formula is C41H31NO. The first-order valence-electron chi connectivity index (χ1n) is 14.7. The SMILES string of the molecule is N=C(/C=C(\C=C\C1=c2c(oc3ccc(-c4ccc(-c5ccccc5)cc4)cc23)=CCC1)c1ccccc1)c1ccccc1. The Labute approximate surface area is 251 Å². The minimum Gasteiger partial charge on any atom is -0.456 e. The van der Waals surface area contributed by atoms with Gasteiger partial charge in [0.15, 0.2) is 0 Å². The van der Waals surface area contributed by atoms with E-state index >= 15 is 0 Å². The highest BCUT2D eigenvalue weighted by Gasteiger charge is 2.13. The Bertz CT molecular complexity index is 2100. The van der Waals surface area contributed by atoms with Crippen LogP contribution >= 0.6 is 0 Å². The summed E-state index contributed by atoms with van der Waals surface area (Å²) in [6, 6.07) is 46.0. The van der Waals surface area contributed by atoms with E-state index in [1.54, 1.807) is 0 Å². The highest BCUT2D eigenvalue weighted by atomic mass is 16.3. The van der Waals surface area contributed by atoms with Gasteiger partial charge in [0.05, 0.1) is 5.71 Å². The Balaban J connectivity index is 1.29. The van der Waals surface area contributed by atoms with Crippen LogP contribution in [0.1, 0.15) is 24.0 Å². The predicted octanol–water partition coefficient (Wildman–Crippen LogP) is 9.20. The van der Waals surface area contributed by atoms with E-state index in [0.29, 0.717) is 5.71 Å². The second-order valence-corrected chi connectivity index (χ2v) is 10.8. The van der Waals surface area contributed by atoms with E-state index in [2.05, 4.69) is 97.1 Å². The lowest BCUT2D eigenvalue weighted by Crippen LogP contribution is -2.25. The highest BCUT2D eigenvalue weighted by Crippen LogP contribution is 2.28. The number of furan rings is 1. The number of nitrogens with one attached hydrogen (secondary N) is 1. The van der Waals surface area contributed by atoms with E-state index in [1.165, 1.54) is 33.0 Å². The van der Waals surface area contributed by atoms with Gasteiger partial charge in [-0.1, -0.05) is 133 Å². The number of allylic oxidation sites excluding steroid dienone is 4. The number of hydrogen-bond acceptors (Lipinski definition) is 2. The van der Waals surface area contributed by atoms with Gasteiger partial charge in [-0.3, -0.25) is 0 Å². The fourth-order valence-electron chi connectivity index (χ4n) is 5.81. The average Bonchev–Trinajstić information content (AvgIpc) is 3.46. The molecule has 2 nitrogen and oxygen atoms in total. The third-order valence-corrected chi connectivity index (χ3v) is 8.06. The molecule has 6 aromatic rings. The standard InChI is InChI=1S/C41H31NO/c42-38(33-15-8-3-9-16-33)28-36(30-13-6-2-7-14-30)24-23-34-17-10-18-40-41(34)37-27-35(25-26-39(37)43-40)32-21-19-31(20-22-32)29-11-4-1-5-12-29/h1-9,11-16,18-28,42H,10,17H2/b24-23+,36-28+,42-38?. The fraction of sp³-hybridized carbons (Fsp3) is 0.0488. The van der Waals surface area contributed by atoms with Crippen LogP contribution in [-0.4, -0.2) is 5.71 Å². The average molecular weight is 554 g/mol. The summed E-state index contributed by atoms with van der Waals surface area (Å²) in [5, 5.41) is 11.1. The molecule has 0 saturated heterocycles. The minimum absolute atomic E-state index is 0.489. The van der Waals surface area contributed by atoms with Gasteiger partial charge < -0.3 is 9.83 Å². The maximum Gasteiger partial charge on any atom is 0.135 e. The zero-order chi connectivity index (χ0) is 29.0. The molecule has 0 amide bonds. The van der Waals surface area contributed by atoms with Crippen LogP contribution in [0.2, 0.25) is 0 Å². The Morgan fingerprint density at radius 3 is 1.91 bits per heavy atom. The Hall–Kier alpha value is -5.47. The third-order valence-electron chi connectivity index (χ3n) is 8.06. The lowest BCUT2D eigenvalue weighted by molar-refractivity contribution is 0.571. The van der Waals surface area contributed by atoms with E-state index < -0.39 is 0 Å². The highest BCUT2D eigenvalue weighted by molar-refractivity contribution is 6.11. The number of rotatable bonds is 7. The molecule has 0 radical (unpaired) electrons. The van der Waals surface area contributed by atoms with E-state index in [4.69, 9.17) is 9.83 Å². The summed E-state index contributed by atoms with van der Waals surface area (Å²) >= 11 is 0. The van der Waals surface area contributed by atoms with Crippen molar-refractivity contribution in [3.8, 4) is 22.3 Å². The van der Waals surface area contributed by atoms with Crippen molar-refractivity contribution in [3.05, 3.63) is 173 Å². The molecule has 2 heteroatoms. The number of benzene rings is 5. The Kier molecular flexibility index (Phi) is 7.25. The maximum absolute atomic E-state index is 8.76. The molecule has 206 valence electrons. The van der Waals surface area contributed by atoms with Crippen molar-refractivity contribution in [2.24, 2.45) is 0 Å². The summed E-state index contributed by atoms with van der Waals surface area (Å²) in [6.45, 7) is 0. The van der Waals surface area contributed by atoms with Gasteiger partial charge in [0.25, 0.3) is 0 Å². The van der Waals surface area contributed by atoms with Crippen molar-refractivity contribution in [3.63, 3.8) is 0 Å². The van der Waals surface area contributed by atoms with Crippen LogP contribution in [0.5, 0.6) is 0 Å². The van der Waals surface area contributed by atoms with Crippen LogP contribution in [0.3, 0.4) is 0 Å². The largest absolute Gasteiger partial charge is 0.456 e. The first-order valence-corrected chi connectivity index (χ1v) is 14.7. The quantitative estimate of drug-likeness (QED) is 0.155. The molecule has 5 aromatic carbocycles. The molecular weight excluding hydrogens is 522 g/mol. The first-order chi connectivity index (χ1) is 21.2. The summed E-state index contributed by atoms with van der Waals surface area (Å²) < 4.78 is 6.34. The van der Waals surface area contributed by atoms with Crippen molar-refractivity contribution in [2.75, 3.05) is 0 Å². The molecule has 0 fully saturated rings. The van der Waals surface area contributed by atoms with Gasteiger partial charge in [-0.15, -0.1) is 0 Å². The summed E-state index contributed by atoms with van der Waals surface area (Å²) in [6.07, 6.45) is 10.4. The van der Waals surface area contributed by atoms with Crippen molar-refractivity contribution in [1.82, 2.24) is 0 Å². The van der Waals surface area contributed by atoms with E-state index in [0.717, 1.165) is 45.9 Å². The summed E-state index contributed by atoms with van der Waals surface area (Å²) in [4.78, 5) is 0. The van der Waals surface area contributed by atoms with Gasteiger partial charge in [-0.25, -0.2) is 0 Å². The maximum atomic E-state index is 8.76. The molecule has 0 aliphatic heterocycles. The third kappa shape index (κ3) is 5.56. The van der Waals surface area contributed by atoms with Crippen LogP contribution in [0.15, 0.2) is 156 Å². The van der Waals surface area contributed by atoms with E-state index in [9.17, 15) is 0 Å². The van der Waals surface area contributed by atoms with Crippen LogP contribution in [0.4, 0.5) is 0 Å². The molecule has 1 N–H and O–H groups in total. The molecule has 1 heterocycles. The minimum atomic E-state index is 0.489. The zero-order valence-corrected chi connectivity index (χ0v) is 23.8. The molecule has 0 atom stereocenters. The molecule has 0 unspecified atom stereocenters. The lowest BCUT2D eigenvalue weighted by Gasteiger charge is -2.08. The van der Waals surface area contributed by atoms with Crippen LogP contribution in [0.25, 0.3) is 50.4 Å². The van der Waals surface area contributed by atoms with Crippen molar-refractivity contribution in [2.45, 2.75) is 12.8 Å². The van der Waals surface area contributed by atoms with E-state index in [1.807, 2.05) is 60.7 Å². The van der Waals surface area contributed by atoms with Crippen molar-refractivity contribution < 1.29 is 4.42 Å². The summed E-state index contributed by atoms with van der Waals surface area (Å²) in [5.74, 6) is 0. The second-order valence-electron chi connectivity index (χ2n) is 10.8. The lowest BCUT2D eigenvalue weighted by atomic mass is 9.96. The Morgan fingerprint density at radius 1 is 0.628 bits per heavy atom.